The summed E-state index contributed by atoms with van der Waals surface area (Å²) in [5.41, 5.74) is 2.73. The van der Waals surface area contributed by atoms with Crippen LogP contribution in [0.1, 0.15) is 23.8 Å². The molecule has 0 saturated carbocycles. The molecule has 0 N–H and O–H groups in total. The first-order valence-electron chi connectivity index (χ1n) is 7.83. The van der Waals surface area contributed by atoms with Gasteiger partial charge in [-0.3, -0.25) is 9.78 Å². The highest BCUT2D eigenvalue weighted by Crippen LogP contribution is 2.31. The summed E-state index contributed by atoms with van der Waals surface area (Å²) < 4.78 is 5.37. The van der Waals surface area contributed by atoms with Crippen LogP contribution >= 0.6 is 0 Å². The fourth-order valence-corrected chi connectivity index (χ4v) is 2.85. The molecule has 3 heterocycles. The van der Waals surface area contributed by atoms with Crippen LogP contribution < -0.4 is 4.90 Å². The smallest absolute Gasteiger partial charge is 0.232 e. The van der Waals surface area contributed by atoms with Crippen LogP contribution in [0.4, 0.5) is 5.69 Å². The fourth-order valence-electron chi connectivity index (χ4n) is 2.85. The molecule has 2 aromatic heterocycles. The number of hydrogen-bond acceptors (Lipinski definition) is 5. The van der Waals surface area contributed by atoms with Crippen molar-refractivity contribution in [3.05, 3.63) is 60.1 Å². The van der Waals surface area contributed by atoms with Gasteiger partial charge in [0, 0.05) is 24.8 Å². The number of hydrogen-bond donors (Lipinski definition) is 0. The molecular formula is C18H16N4O2. The molecule has 3 aromatic rings. The molecule has 0 radical (unpaired) electrons. The van der Waals surface area contributed by atoms with E-state index in [4.69, 9.17) is 4.52 Å². The van der Waals surface area contributed by atoms with Gasteiger partial charge in [0.15, 0.2) is 0 Å². The van der Waals surface area contributed by atoms with Crippen molar-refractivity contribution in [3.8, 4) is 11.5 Å². The Morgan fingerprint density at radius 1 is 1.17 bits per heavy atom. The lowest BCUT2D eigenvalue weighted by atomic mass is 10.1. The minimum absolute atomic E-state index is 0.0708. The second-order valence-corrected chi connectivity index (χ2v) is 5.91. The summed E-state index contributed by atoms with van der Waals surface area (Å²) in [5.74, 6) is 0.913. The number of aryl methyl sites for hydroxylation is 1. The third-order valence-corrected chi connectivity index (χ3v) is 4.16. The minimum atomic E-state index is -0.0937. The van der Waals surface area contributed by atoms with Crippen molar-refractivity contribution in [1.29, 1.82) is 0 Å². The second-order valence-electron chi connectivity index (χ2n) is 5.91. The number of carbonyl (C=O) groups excluding carboxylic acids is 1. The van der Waals surface area contributed by atoms with E-state index in [0.717, 1.165) is 5.69 Å². The highest BCUT2D eigenvalue weighted by atomic mass is 16.5. The molecule has 4 rings (SSSR count). The van der Waals surface area contributed by atoms with Gasteiger partial charge in [-0.05, 0) is 31.2 Å². The summed E-state index contributed by atoms with van der Waals surface area (Å²) in [5, 5.41) is 3.99. The number of carbonyl (C=O) groups is 1. The molecule has 0 spiro atoms. The Hall–Kier alpha value is -3.02. The molecule has 6 heteroatoms. The number of benzene rings is 1. The monoisotopic (exact) mass is 320 g/mol. The number of rotatable bonds is 3. The first kappa shape index (κ1) is 14.6. The van der Waals surface area contributed by atoms with Crippen LogP contribution in [0.15, 0.2) is 53.2 Å². The van der Waals surface area contributed by atoms with E-state index < -0.39 is 0 Å². The molecular weight excluding hydrogens is 304 g/mol. The quantitative estimate of drug-likeness (QED) is 0.742. The van der Waals surface area contributed by atoms with E-state index in [1.165, 1.54) is 5.56 Å². The van der Waals surface area contributed by atoms with Crippen LogP contribution in [0, 0.1) is 6.92 Å². The molecule has 1 amide bonds. The zero-order chi connectivity index (χ0) is 16.5. The van der Waals surface area contributed by atoms with Crippen molar-refractivity contribution in [3.63, 3.8) is 0 Å². The van der Waals surface area contributed by atoms with Crippen LogP contribution in [0.5, 0.6) is 0 Å². The Kier molecular flexibility index (Phi) is 3.57. The van der Waals surface area contributed by atoms with E-state index in [1.54, 1.807) is 11.1 Å². The highest BCUT2D eigenvalue weighted by Gasteiger charge is 2.35. The minimum Gasteiger partial charge on any atom is -0.339 e. The Labute approximate surface area is 139 Å². The molecule has 24 heavy (non-hydrogen) atoms. The molecule has 1 atom stereocenters. The summed E-state index contributed by atoms with van der Waals surface area (Å²) in [6.45, 7) is 2.57. The molecule has 0 bridgehead atoms. The molecule has 6 nitrogen and oxygen atoms in total. The van der Waals surface area contributed by atoms with Crippen LogP contribution in [0.2, 0.25) is 0 Å². The van der Waals surface area contributed by atoms with E-state index in [1.807, 2.05) is 49.4 Å². The number of pyridine rings is 1. The molecule has 1 fully saturated rings. The maximum absolute atomic E-state index is 12.3. The summed E-state index contributed by atoms with van der Waals surface area (Å²) in [6.07, 6.45) is 2.06. The zero-order valence-corrected chi connectivity index (χ0v) is 13.2. The van der Waals surface area contributed by atoms with Crippen LogP contribution in [0.25, 0.3) is 11.5 Å². The Morgan fingerprint density at radius 3 is 2.75 bits per heavy atom. The largest absolute Gasteiger partial charge is 0.339 e. The highest BCUT2D eigenvalue weighted by molar-refractivity contribution is 5.96. The first-order chi connectivity index (χ1) is 11.7. The maximum Gasteiger partial charge on any atom is 0.232 e. The maximum atomic E-state index is 12.3. The Bertz CT molecular complexity index is 858. The number of aromatic nitrogens is 3. The van der Waals surface area contributed by atoms with Crippen molar-refractivity contribution >= 4 is 11.6 Å². The van der Waals surface area contributed by atoms with Crippen molar-refractivity contribution in [1.82, 2.24) is 15.1 Å². The normalized spacial score (nSPS) is 17.5. The average molecular weight is 320 g/mol. The van der Waals surface area contributed by atoms with Gasteiger partial charge < -0.3 is 9.42 Å². The van der Waals surface area contributed by atoms with Gasteiger partial charge in [-0.1, -0.05) is 28.9 Å². The summed E-state index contributed by atoms with van der Waals surface area (Å²) in [7, 11) is 0. The lowest BCUT2D eigenvalue weighted by Gasteiger charge is -2.16. The molecule has 1 aliphatic heterocycles. The number of anilines is 1. The van der Waals surface area contributed by atoms with Gasteiger partial charge in [0.05, 0.1) is 5.92 Å². The number of nitrogens with zero attached hydrogens (tertiary/aromatic N) is 4. The van der Waals surface area contributed by atoms with E-state index in [9.17, 15) is 4.79 Å². The Morgan fingerprint density at radius 2 is 2.00 bits per heavy atom. The second kappa shape index (κ2) is 5.88. The predicted octanol–water partition coefficient (Wildman–Crippen LogP) is 2.96. The van der Waals surface area contributed by atoms with Gasteiger partial charge >= 0.3 is 0 Å². The van der Waals surface area contributed by atoms with Gasteiger partial charge in [0.1, 0.15) is 5.69 Å². The molecule has 1 unspecified atom stereocenters. The molecule has 120 valence electrons. The van der Waals surface area contributed by atoms with Gasteiger partial charge in [-0.15, -0.1) is 0 Å². The van der Waals surface area contributed by atoms with E-state index in [-0.39, 0.29) is 11.8 Å². The Balaban J connectivity index is 1.55. The van der Waals surface area contributed by atoms with Gasteiger partial charge in [-0.2, -0.15) is 4.98 Å². The third kappa shape index (κ3) is 2.67. The number of amides is 1. The first-order valence-corrected chi connectivity index (χ1v) is 7.83. The predicted molar refractivity (Wildman–Crippen MR) is 88.4 cm³/mol. The van der Waals surface area contributed by atoms with Crippen LogP contribution in [-0.4, -0.2) is 27.6 Å². The molecule has 1 saturated heterocycles. The molecule has 1 aromatic carbocycles. The fraction of sp³-hybridized carbons (Fsp3) is 0.222. The van der Waals surface area contributed by atoms with E-state index >= 15 is 0 Å². The van der Waals surface area contributed by atoms with Gasteiger partial charge in [0.2, 0.25) is 17.6 Å². The molecule has 0 aliphatic carbocycles. The van der Waals surface area contributed by atoms with Crippen LogP contribution in [0.3, 0.4) is 0 Å². The average Bonchev–Trinajstić information content (AvgIpc) is 3.23. The van der Waals surface area contributed by atoms with Crippen LogP contribution in [-0.2, 0) is 4.79 Å². The zero-order valence-electron chi connectivity index (χ0n) is 13.2. The lowest BCUT2D eigenvalue weighted by Crippen LogP contribution is -2.24. The summed E-state index contributed by atoms with van der Waals surface area (Å²) in [6, 6.07) is 13.5. The van der Waals surface area contributed by atoms with Gasteiger partial charge in [-0.25, -0.2) is 0 Å². The van der Waals surface area contributed by atoms with Crippen molar-refractivity contribution < 1.29 is 9.32 Å². The van der Waals surface area contributed by atoms with E-state index in [0.29, 0.717) is 30.4 Å². The SMILES string of the molecule is Cc1ccc(N2CC(c3nc(-c4ccccn4)no3)CC2=O)cc1. The third-order valence-electron chi connectivity index (χ3n) is 4.16. The van der Waals surface area contributed by atoms with Crippen molar-refractivity contribution in [2.75, 3.05) is 11.4 Å². The van der Waals surface area contributed by atoms with E-state index in [2.05, 4.69) is 15.1 Å². The van der Waals surface area contributed by atoms with Crippen molar-refractivity contribution in [2.45, 2.75) is 19.3 Å². The standard InChI is InChI=1S/C18H16N4O2/c1-12-5-7-14(8-6-12)22-11-13(10-16(22)23)18-20-17(21-24-18)15-4-2-3-9-19-15/h2-9,13H,10-11H2,1H3. The lowest BCUT2D eigenvalue weighted by molar-refractivity contribution is -0.117. The summed E-state index contributed by atoms with van der Waals surface area (Å²) in [4.78, 5) is 22.7. The van der Waals surface area contributed by atoms with Gasteiger partial charge in [0.25, 0.3) is 0 Å². The molecule has 1 aliphatic rings. The topological polar surface area (TPSA) is 72.1 Å². The van der Waals surface area contributed by atoms with Crippen molar-refractivity contribution in [2.24, 2.45) is 0 Å². The summed E-state index contributed by atoms with van der Waals surface area (Å²) >= 11 is 0.